The fourth-order valence-corrected chi connectivity index (χ4v) is 4.72. The van der Waals surface area contributed by atoms with Gasteiger partial charge in [0, 0.05) is 5.69 Å². The van der Waals surface area contributed by atoms with Crippen molar-refractivity contribution in [1.29, 1.82) is 5.26 Å². The first-order valence-electron chi connectivity index (χ1n) is 8.19. The van der Waals surface area contributed by atoms with Crippen molar-refractivity contribution in [2.45, 2.75) is 12.5 Å². The first kappa shape index (κ1) is 18.0. The molecule has 1 heterocycles. The van der Waals surface area contributed by atoms with Crippen LogP contribution in [-0.4, -0.2) is 38.5 Å². The van der Waals surface area contributed by atoms with Crippen LogP contribution in [0.4, 0.5) is 5.69 Å². The van der Waals surface area contributed by atoms with Crippen molar-refractivity contribution in [1.82, 2.24) is 0 Å². The van der Waals surface area contributed by atoms with Crippen LogP contribution in [0.2, 0.25) is 0 Å². The van der Waals surface area contributed by atoms with E-state index in [0.717, 1.165) is 0 Å². The van der Waals surface area contributed by atoms with Gasteiger partial charge in [0.2, 0.25) is 0 Å². The Labute approximate surface area is 152 Å². The van der Waals surface area contributed by atoms with Gasteiger partial charge < -0.3 is 9.64 Å². The van der Waals surface area contributed by atoms with Gasteiger partial charge in [-0.25, -0.2) is 8.42 Å². The van der Waals surface area contributed by atoms with Crippen LogP contribution in [0.5, 0.6) is 5.75 Å². The van der Waals surface area contributed by atoms with Crippen LogP contribution in [-0.2, 0) is 14.6 Å². The second kappa shape index (κ2) is 7.58. The number of hydrogen-bond donors (Lipinski definition) is 0. The van der Waals surface area contributed by atoms with Crippen molar-refractivity contribution in [2.75, 3.05) is 23.0 Å². The Bertz CT molecular complexity index is 936. The molecule has 3 rings (SSSR count). The summed E-state index contributed by atoms with van der Waals surface area (Å²) in [5, 5.41) is 9.11. The molecule has 2 aromatic rings. The van der Waals surface area contributed by atoms with Gasteiger partial charge in [0.25, 0.3) is 5.91 Å². The number of amides is 1. The summed E-state index contributed by atoms with van der Waals surface area (Å²) in [6, 6.07) is 17.2. The molecule has 0 radical (unpaired) electrons. The van der Waals surface area contributed by atoms with Gasteiger partial charge in [-0.15, -0.1) is 0 Å². The van der Waals surface area contributed by atoms with Gasteiger partial charge in [-0.05, 0) is 30.7 Å². The standard InChI is InChI=1S/C19H18N2O4S/c20-12-15-6-4-5-9-18(15)25-13-19(22)21(16-7-2-1-3-8-16)17-10-11-26(23,24)14-17/h1-9,17H,10-11,13-14H2. The molecule has 1 atom stereocenters. The second-order valence-corrected chi connectivity index (χ2v) is 8.28. The monoisotopic (exact) mass is 370 g/mol. The Morgan fingerprint density at radius 3 is 2.50 bits per heavy atom. The lowest BCUT2D eigenvalue weighted by molar-refractivity contribution is -0.121. The van der Waals surface area contributed by atoms with E-state index in [1.807, 2.05) is 12.1 Å². The number of carbonyl (C=O) groups is 1. The zero-order valence-corrected chi connectivity index (χ0v) is 14.9. The number of para-hydroxylation sites is 2. The molecule has 0 spiro atoms. The number of nitriles is 1. The topological polar surface area (TPSA) is 87.5 Å². The van der Waals surface area contributed by atoms with Gasteiger partial charge in [0.1, 0.15) is 11.8 Å². The molecule has 1 unspecified atom stereocenters. The van der Waals surface area contributed by atoms with E-state index in [9.17, 15) is 13.2 Å². The Kier molecular flexibility index (Phi) is 5.24. The molecule has 0 saturated carbocycles. The number of ether oxygens (including phenoxy) is 1. The number of nitrogens with zero attached hydrogens (tertiary/aromatic N) is 2. The fourth-order valence-electron chi connectivity index (χ4n) is 3.02. The molecule has 1 aliphatic rings. The highest BCUT2D eigenvalue weighted by Gasteiger charge is 2.35. The molecule has 1 amide bonds. The summed E-state index contributed by atoms with van der Waals surface area (Å²) < 4.78 is 29.3. The van der Waals surface area contributed by atoms with Crippen molar-refractivity contribution in [3.05, 3.63) is 60.2 Å². The van der Waals surface area contributed by atoms with Gasteiger partial charge in [0.15, 0.2) is 16.4 Å². The first-order valence-corrected chi connectivity index (χ1v) is 10.0. The van der Waals surface area contributed by atoms with Crippen LogP contribution in [0.25, 0.3) is 0 Å². The summed E-state index contributed by atoms with van der Waals surface area (Å²) in [5.74, 6) is 0.0101. The Balaban J connectivity index is 1.81. The highest BCUT2D eigenvalue weighted by atomic mass is 32.2. The molecule has 7 heteroatoms. The van der Waals surface area contributed by atoms with Crippen LogP contribution in [0, 0.1) is 11.3 Å². The lowest BCUT2D eigenvalue weighted by atomic mass is 10.2. The summed E-state index contributed by atoms with van der Waals surface area (Å²) in [5.41, 5.74) is 0.978. The predicted octanol–water partition coefficient (Wildman–Crippen LogP) is 2.16. The molecule has 1 saturated heterocycles. The van der Waals surface area contributed by atoms with Crippen LogP contribution in [0.15, 0.2) is 54.6 Å². The molecule has 0 aromatic heterocycles. The van der Waals surface area contributed by atoms with Gasteiger partial charge in [-0.3, -0.25) is 4.79 Å². The predicted molar refractivity (Wildman–Crippen MR) is 97.6 cm³/mol. The van der Waals surface area contributed by atoms with E-state index in [1.165, 1.54) is 4.90 Å². The third kappa shape index (κ3) is 4.03. The quantitative estimate of drug-likeness (QED) is 0.805. The Hall–Kier alpha value is -2.85. The molecule has 134 valence electrons. The van der Waals surface area contributed by atoms with E-state index in [4.69, 9.17) is 10.00 Å². The highest BCUT2D eigenvalue weighted by molar-refractivity contribution is 7.91. The number of carbonyl (C=O) groups excluding carboxylic acids is 1. The average molecular weight is 370 g/mol. The molecule has 6 nitrogen and oxygen atoms in total. The van der Waals surface area contributed by atoms with E-state index >= 15 is 0 Å². The van der Waals surface area contributed by atoms with E-state index in [2.05, 4.69) is 0 Å². The number of benzene rings is 2. The Morgan fingerprint density at radius 1 is 1.15 bits per heavy atom. The minimum atomic E-state index is -3.14. The van der Waals surface area contributed by atoms with E-state index in [-0.39, 0.29) is 24.0 Å². The van der Waals surface area contributed by atoms with Gasteiger partial charge >= 0.3 is 0 Å². The smallest absolute Gasteiger partial charge is 0.265 e. The van der Waals surface area contributed by atoms with Crippen LogP contribution in [0.1, 0.15) is 12.0 Å². The molecular formula is C19H18N2O4S. The van der Waals surface area contributed by atoms with Crippen molar-refractivity contribution in [3.8, 4) is 11.8 Å². The lowest BCUT2D eigenvalue weighted by Gasteiger charge is -2.28. The minimum Gasteiger partial charge on any atom is -0.482 e. The maximum absolute atomic E-state index is 12.8. The second-order valence-electron chi connectivity index (χ2n) is 6.05. The average Bonchev–Trinajstić information content (AvgIpc) is 3.00. The molecule has 0 aliphatic carbocycles. The maximum atomic E-state index is 12.8. The molecule has 2 aromatic carbocycles. The van der Waals surface area contributed by atoms with E-state index in [1.54, 1.807) is 48.5 Å². The highest BCUT2D eigenvalue weighted by Crippen LogP contribution is 2.25. The van der Waals surface area contributed by atoms with Crippen LogP contribution in [0.3, 0.4) is 0 Å². The molecule has 26 heavy (non-hydrogen) atoms. The van der Waals surface area contributed by atoms with Gasteiger partial charge in [0.05, 0.1) is 23.1 Å². The maximum Gasteiger partial charge on any atom is 0.265 e. The number of rotatable bonds is 5. The number of sulfone groups is 1. The fraction of sp³-hybridized carbons (Fsp3) is 0.263. The minimum absolute atomic E-state index is 0.0532. The Morgan fingerprint density at radius 2 is 1.85 bits per heavy atom. The summed E-state index contributed by atoms with van der Waals surface area (Å²) in [6.45, 7) is -0.274. The van der Waals surface area contributed by atoms with Crippen LogP contribution < -0.4 is 9.64 Å². The van der Waals surface area contributed by atoms with Gasteiger partial charge in [-0.2, -0.15) is 5.26 Å². The largest absolute Gasteiger partial charge is 0.482 e. The third-order valence-electron chi connectivity index (χ3n) is 4.24. The van der Waals surface area contributed by atoms with E-state index in [0.29, 0.717) is 23.4 Å². The zero-order valence-electron chi connectivity index (χ0n) is 14.0. The number of hydrogen-bond acceptors (Lipinski definition) is 5. The third-order valence-corrected chi connectivity index (χ3v) is 5.99. The van der Waals surface area contributed by atoms with Crippen LogP contribution >= 0.6 is 0 Å². The summed E-state index contributed by atoms with van der Waals surface area (Å²) in [4.78, 5) is 14.3. The summed E-state index contributed by atoms with van der Waals surface area (Å²) >= 11 is 0. The van der Waals surface area contributed by atoms with Crippen molar-refractivity contribution in [2.24, 2.45) is 0 Å². The normalized spacial score (nSPS) is 18.0. The molecular weight excluding hydrogens is 352 g/mol. The molecule has 1 aliphatic heterocycles. The zero-order chi connectivity index (χ0) is 18.6. The van der Waals surface area contributed by atoms with Crippen molar-refractivity contribution in [3.63, 3.8) is 0 Å². The SMILES string of the molecule is N#Cc1ccccc1OCC(=O)N(c1ccccc1)C1CCS(=O)(=O)C1. The summed E-state index contributed by atoms with van der Waals surface area (Å²) in [6.07, 6.45) is 0.401. The molecule has 0 bridgehead atoms. The van der Waals surface area contributed by atoms with E-state index < -0.39 is 15.9 Å². The number of anilines is 1. The molecule has 1 fully saturated rings. The van der Waals surface area contributed by atoms with Crippen molar-refractivity contribution < 1.29 is 17.9 Å². The van der Waals surface area contributed by atoms with Gasteiger partial charge in [-0.1, -0.05) is 30.3 Å². The molecule has 0 N–H and O–H groups in total. The first-order chi connectivity index (χ1) is 12.5. The summed E-state index contributed by atoms with van der Waals surface area (Å²) in [7, 11) is -3.14. The van der Waals surface area contributed by atoms with Crippen molar-refractivity contribution >= 4 is 21.4 Å². The lowest BCUT2D eigenvalue weighted by Crippen LogP contribution is -2.43.